The van der Waals surface area contributed by atoms with E-state index in [0.717, 1.165) is 44.9 Å². The van der Waals surface area contributed by atoms with Crippen molar-refractivity contribution >= 4 is 5.91 Å². The number of carbonyl (C=O) groups excluding carboxylic acids is 1. The quantitative estimate of drug-likeness (QED) is 0.823. The molecule has 2 saturated heterocycles. The molecule has 5 nitrogen and oxygen atoms in total. The van der Waals surface area contributed by atoms with E-state index in [-0.39, 0.29) is 17.6 Å². The Bertz CT molecular complexity index is 620. The summed E-state index contributed by atoms with van der Waals surface area (Å²) in [5, 5.41) is 0. The number of likely N-dealkylation sites (tertiary alicyclic amines) is 1. The van der Waals surface area contributed by atoms with Crippen molar-refractivity contribution in [3.05, 3.63) is 29.8 Å². The van der Waals surface area contributed by atoms with Gasteiger partial charge in [-0.1, -0.05) is 6.07 Å². The molecule has 0 N–H and O–H groups in total. The Morgan fingerprint density at radius 2 is 2.12 bits per heavy atom. The molecule has 1 amide bonds. The number of hydrogen-bond acceptors (Lipinski definition) is 4. The minimum atomic E-state index is -0.0840. The minimum Gasteiger partial charge on any atom is -0.497 e. The van der Waals surface area contributed by atoms with Gasteiger partial charge in [-0.2, -0.15) is 0 Å². The third kappa shape index (κ3) is 3.82. The number of piperidine rings is 1. The van der Waals surface area contributed by atoms with Gasteiger partial charge < -0.3 is 19.1 Å². The number of benzene rings is 1. The zero-order chi connectivity index (χ0) is 17.3. The highest BCUT2D eigenvalue weighted by Gasteiger charge is 2.44. The van der Waals surface area contributed by atoms with E-state index in [1.807, 2.05) is 23.1 Å². The molecule has 136 valence electrons. The maximum absolute atomic E-state index is 12.7. The van der Waals surface area contributed by atoms with Gasteiger partial charge in [-0.3, -0.25) is 4.79 Å². The Kier molecular flexibility index (Phi) is 4.69. The fourth-order valence-electron chi connectivity index (χ4n) is 3.87. The van der Waals surface area contributed by atoms with Crippen molar-refractivity contribution in [3.63, 3.8) is 0 Å². The number of hydrogen-bond donors (Lipinski definition) is 0. The van der Waals surface area contributed by atoms with Crippen LogP contribution in [-0.2, 0) is 9.47 Å². The van der Waals surface area contributed by atoms with Crippen molar-refractivity contribution in [1.29, 1.82) is 0 Å². The number of carbonyl (C=O) groups is 1. The van der Waals surface area contributed by atoms with E-state index in [1.54, 1.807) is 13.2 Å². The minimum absolute atomic E-state index is 0.0771. The number of nitrogens with zero attached hydrogens (tertiary/aromatic N) is 1. The number of methoxy groups -OCH3 is 1. The van der Waals surface area contributed by atoms with Crippen LogP contribution >= 0.6 is 0 Å². The predicted molar refractivity (Wildman–Crippen MR) is 93.9 cm³/mol. The normalized spacial score (nSPS) is 25.3. The molecule has 1 spiro atoms. The Hall–Kier alpha value is -1.59. The molecule has 4 rings (SSSR count). The van der Waals surface area contributed by atoms with Crippen molar-refractivity contribution < 1.29 is 19.0 Å². The van der Waals surface area contributed by atoms with Gasteiger partial charge in [-0.05, 0) is 49.8 Å². The Morgan fingerprint density at radius 3 is 2.84 bits per heavy atom. The van der Waals surface area contributed by atoms with Gasteiger partial charge in [0.05, 0.1) is 25.4 Å². The van der Waals surface area contributed by atoms with E-state index >= 15 is 0 Å². The van der Waals surface area contributed by atoms with Gasteiger partial charge in [0.25, 0.3) is 5.91 Å². The van der Waals surface area contributed by atoms with Gasteiger partial charge in [-0.25, -0.2) is 0 Å². The molecule has 1 unspecified atom stereocenters. The monoisotopic (exact) mass is 345 g/mol. The highest BCUT2D eigenvalue weighted by atomic mass is 16.6. The zero-order valence-electron chi connectivity index (χ0n) is 14.9. The second kappa shape index (κ2) is 6.96. The first-order valence-corrected chi connectivity index (χ1v) is 9.36. The molecule has 0 bridgehead atoms. The molecule has 3 fully saturated rings. The van der Waals surface area contributed by atoms with E-state index in [0.29, 0.717) is 17.9 Å². The average Bonchev–Trinajstić information content (AvgIpc) is 3.41. The first-order chi connectivity index (χ1) is 12.2. The fourth-order valence-corrected chi connectivity index (χ4v) is 3.87. The van der Waals surface area contributed by atoms with Crippen LogP contribution in [0.3, 0.4) is 0 Å². The first-order valence-electron chi connectivity index (χ1n) is 9.36. The topological polar surface area (TPSA) is 48.0 Å². The largest absolute Gasteiger partial charge is 0.497 e. The van der Waals surface area contributed by atoms with E-state index in [9.17, 15) is 4.79 Å². The smallest absolute Gasteiger partial charge is 0.253 e. The lowest BCUT2D eigenvalue weighted by molar-refractivity contribution is -0.0410. The van der Waals surface area contributed by atoms with Crippen LogP contribution in [0.4, 0.5) is 0 Å². The van der Waals surface area contributed by atoms with Crippen molar-refractivity contribution in [2.45, 2.75) is 43.8 Å². The van der Waals surface area contributed by atoms with Crippen LogP contribution in [0.25, 0.3) is 0 Å². The molecule has 5 heteroatoms. The summed E-state index contributed by atoms with van der Waals surface area (Å²) in [7, 11) is 1.62. The molecule has 2 aliphatic heterocycles. The Morgan fingerprint density at radius 1 is 1.32 bits per heavy atom. The standard InChI is InChI=1S/C20H27NO4/c1-23-17-4-2-3-16(11-17)19(22)21-9-7-20(8-10-21)12-18(14-25-20)24-13-15-5-6-15/h2-4,11,15,18H,5-10,12-14H2,1H3. The lowest BCUT2D eigenvalue weighted by atomic mass is 9.87. The molecule has 1 aromatic rings. The van der Waals surface area contributed by atoms with Gasteiger partial charge in [0, 0.05) is 31.7 Å². The highest BCUT2D eigenvalue weighted by molar-refractivity contribution is 5.94. The fraction of sp³-hybridized carbons (Fsp3) is 0.650. The van der Waals surface area contributed by atoms with Crippen LogP contribution in [-0.4, -0.2) is 55.9 Å². The lowest BCUT2D eigenvalue weighted by Gasteiger charge is -2.38. The molecule has 2 heterocycles. The summed E-state index contributed by atoms with van der Waals surface area (Å²) in [4.78, 5) is 14.7. The van der Waals surface area contributed by atoms with Crippen LogP contribution in [0.2, 0.25) is 0 Å². The van der Waals surface area contributed by atoms with Crippen molar-refractivity contribution in [2.75, 3.05) is 33.4 Å². The third-order valence-electron chi connectivity index (χ3n) is 5.72. The lowest BCUT2D eigenvalue weighted by Crippen LogP contribution is -2.46. The van der Waals surface area contributed by atoms with Gasteiger partial charge in [0.2, 0.25) is 0 Å². The summed E-state index contributed by atoms with van der Waals surface area (Å²) in [6.45, 7) is 3.08. The van der Waals surface area contributed by atoms with Crippen molar-refractivity contribution in [2.24, 2.45) is 5.92 Å². The Labute approximate surface area is 149 Å². The Balaban J connectivity index is 1.31. The molecule has 1 aliphatic carbocycles. The SMILES string of the molecule is COc1cccc(C(=O)N2CCC3(CC2)CC(OCC2CC2)CO3)c1. The molecule has 1 saturated carbocycles. The summed E-state index contributed by atoms with van der Waals surface area (Å²) < 4.78 is 17.4. The van der Waals surface area contributed by atoms with Gasteiger partial charge in [-0.15, -0.1) is 0 Å². The molecule has 25 heavy (non-hydrogen) atoms. The molecule has 0 aromatic heterocycles. The second-order valence-electron chi connectivity index (χ2n) is 7.62. The summed E-state index contributed by atoms with van der Waals surface area (Å²) >= 11 is 0. The molecule has 1 aromatic carbocycles. The second-order valence-corrected chi connectivity index (χ2v) is 7.62. The molecular weight excluding hydrogens is 318 g/mol. The van der Waals surface area contributed by atoms with Crippen molar-refractivity contribution in [1.82, 2.24) is 4.90 Å². The van der Waals surface area contributed by atoms with E-state index in [4.69, 9.17) is 14.2 Å². The van der Waals surface area contributed by atoms with E-state index < -0.39 is 0 Å². The van der Waals surface area contributed by atoms with Crippen LogP contribution in [0.5, 0.6) is 5.75 Å². The highest BCUT2D eigenvalue weighted by Crippen LogP contribution is 2.38. The van der Waals surface area contributed by atoms with Crippen LogP contribution < -0.4 is 4.74 Å². The third-order valence-corrected chi connectivity index (χ3v) is 5.72. The maximum Gasteiger partial charge on any atom is 0.253 e. The number of amides is 1. The van der Waals surface area contributed by atoms with Crippen LogP contribution in [0, 0.1) is 5.92 Å². The number of rotatable bonds is 5. The first kappa shape index (κ1) is 16.9. The van der Waals surface area contributed by atoms with Crippen molar-refractivity contribution in [3.8, 4) is 5.75 Å². The summed E-state index contributed by atoms with van der Waals surface area (Å²) in [6.07, 6.45) is 5.64. The van der Waals surface area contributed by atoms with Gasteiger partial charge in [0.15, 0.2) is 0 Å². The molecule has 1 atom stereocenters. The summed E-state index contributed by atoms with van der Waals surface area (Å²) in [5.41, 5.74) is 0.604. The van der Waals surface area contributed by atoms with Gasteiger partial charge >= 0.3 is 0 Å². The van der Waals surface area contributed by atoms with E-state index in [1.165, 1.54) is 12.8 Å². The number of ether oxygens (including phenoxy) is 3. The summed E-state index contributed by atoms with van der Waals surface area (Å²) in [6, 6.07) is 7.37. The van der Waals surface area contributed by atoms with Gasteiger partial charge in [0.1, 0.15) is 5.75 Å². The molecule has 3 aliphatic rings. The average molecular weight is 345 g/mol. The van der Waals surface area contributed by atoms with E-state index in [2.05, 4.69) is 0 Å². The van der Waals surface area contributed by atoms with Crippen LogP contribution in [0.1, 0.15) is 42.5 Å². The predicted octanol–water partition coefficient (Wildman–Crippen LogP) is 2.89. The van der Waals surface area contributed by atoms with Crippen LogP contribution in [0.15, 0.2) is 24.3 Å². The molecule has 0 radical (unpaired) electrons. The maximum atomic E-state index is 12.7. The zero-order valence-corrected chi connectivity index (χ0v) is 14.9. The summed E-state index contributed by atoms with van der Waals surface area (Å²) in [5.74, 6) is 1.58. The molecular formula is C20H27NO4.